The van der Waals surface area contributed by atoms with Gasteiger partial charge in [0.2, 0.25) is 5.91 Å². The number of ketones is 1. The molecule has 0 fully saturated rings. The van der Waals surface area contributed by atoms with Crippen molar-refractivity contribution in [2.45, 2.75) is 19.4 Å². The molecule has 164 valence electrons. The van der Waals surface area contributed by atoms with Crippen LogP contribution in [0.25, 0.3) is 11.0 Å². The van der Waals surface area contributed by atoms with Crippen LogP contribution in [0.3, 0.4) is 0 Å². The highest BCUT2D eigenvalue weighted by molar-refractivity contribution is 6.16. The number of nitrogens with one attached hydrogen (secondary N) is 1. The van der Waals surface area contributed by atoms with Gasteiger partial charge in [0.05, 0.1) is 36.3 Å². The minimum absolute atomic E-state index is 0.105. The lowest BCUT2D eigenvalue weighted by Gasteiger charge is -2.10. The molecular weight excluding hydrogens is 420 g/mol. The van der Waals surface area contributed by atoms with Gasteiger partial charge in [0.25, 0.3) is 0 Å². The fourth-order valence-corrected chi connectivity index (χ4v) is 3.46. The van der Waals surface area contributed by atoms with Crippen LogP contribution >= 0.6 is 0 Å². The predicted molar refractivity (Wildman–Crippen MR) is 120 cm³/mol. The highest BCUT2D eigenvalue weighted by Gasteiger charge is 2.20. The Morgan fingerprint density at radius 3 is 2.73 bits per heavy atom. The molecule has 0 bridgehead atoms. The number of aliphatic hydroxyl groups excluding tert-OH is 1. The minimum atomic E-state index is -0.293. The molecule has 0 aliphatic rings. The van der Waals surface area contributed by atoms with Gasteiger partial charge in [-0.25, -0.2) is 15.0 Å². The number of pyridine rings is 1. The van der Waals surface area contributed by atoms with Gasteiger partial charge in [-0.3, -0.25) is 9.59 Å². The van der Waals surface area contributed by atoms with Crippen molar-refractivity contribution in [2.24, 2.45) is 0 Å². The summed E-state index contributed by atoms with van der Waals surface area (Å²) in [6.45, 7) is 1.72. The number of carbonyl (C=O) groups is 2. The van der Waals surface area contributed by atoms with Crippen LogP contribution in [0.4, 0.5) is 5.82 Å². The first-order chi connectivity index (χ1) is 16.0. The van der Waals surface area contributed by atoms with Gasteiger partial charge in [0.1, 0.15) is 17.8 Å². The van der Waals surface area contributed by atoms with Crippen molar-refractivity contribution in [3.8, 4) is 6.07 Å². The van der Waals surface area contributed by atoms with Crippen LogP contribution in [0.5, 0.6) is 0 Å². The number of aliphatic hydroxyl groups is 1. The molecule has 0 radical (unpaired) electrons. The molecule has 2 N–H and O–H groups in total. The van der Waals surface area contributed by atoms with Crippen LogP contribution in [0.15, 0.2) is 61.3 Å². The van der Waals surface area contributed by atoms with E-state index < -0.39 is 0 Å². The number of nitrogens with zero attached hydrogens (tertiary/aromatic N) is 5. The maximum Gasteiger partial charge on any atom is 0.229 e. The van der Waals surface area contributed by atoms with Crippen LogP contribution in [-0.4, -0.2) is 42.9 Å². The van der Waals surface area contributed by atoms with Crippen molar-refractivity contribution in [1.82, 2.24) is 19.5 Å². The van der Waals surface area contributed by atoms with Crippen molar-refractivity contribution in [3.63, 3.8) is 0 Å². The van der Waals surface area contributed by atoms with E-state index in [0.717, 1.165) is 5.56 Å². The molecule has 1 aromatic carbocycles. The Morgan fingerprint density at radius 1 is 1.21 bits per heavy atom. The normalized spacial score (nSPS) is 11.7. The van der Waals surface area contributed by atoms with Gasteiger partial charge in [0, 0.05) is 29.5 Å². The Morgan fingerprint density at radius 2 is 2.00 bits per heavy atom. The third-order valence-electron chi connectivity index (χ3n) is 5.22. The molecular formula is C24H20N6O3. The quantitative estimate of drug-likeness (QED) is 0.422. The van der Waals surface area contributed by atoms with Gasteiger partial charge in [-0.05, 0) is 36.8 Å². The molecule has 3 heterocycles. The number of benzene rings is 1. The zero-order valence-electron chi connectivity index (χ0n) is 17.8. The number of amides is 1. The summed E-state index contributed by atoms with van der Waals surface area (Å²) in [5, 5.41) is 21.7. The fourth-order valence-electron chi connectivity index (χ4n) is 3.46. The van der Waals surface area contributed by atoms with E-state index in [1.807, 2.05) is 13.0 Å². The van der Waals surface area contributed by atoms with Gasteiger partial charge in [0.15, 0.2) is 5.78 Å². The van der Waals surface area contributed by atoms with Gasteiger partial charge in [-0.2, -0.15) is 5.26 Å². The third kappa shape index (κ3) is 4.61. The van der Waals surface area contributed by atoms with Gasteiger partial charge in [-0.1, -0.05) is 12.1 Å². The van der Waals surface area contributed by atoms with Crippen LogP contribution in [0.1, 0.15) is 40.0 Å². The maximum atomic E-state index is 13.3. The average Bonchev–Trinajstić information content (AvgIpc) is 3.23. The van der Waals surface area contributed by atoms with Crippen molar-refractivity contribution >= 4 is 28.5 Å². The van der Waals surface area contributed by atoms with E-state index in [1.165, 1.54) is 18.6 Å². The predicted octanol–water partition coefficient (Wildman–Crippen LogP) is 2.66. The zero-order valence-corrected chi connectivity index (χ0v) is 17.8. The molecule has 4 rings (SSSR count). The Hall–Kier alpha value is -4.42. The second kappa shape index (κ2) is 9.38. The monoisotopic (exact) mass is 440 g/mol. The lowest BCUT2D eigenvalue weighted by atomic mass is 10.1. The van der Waals surface area contributed by atoms with Crippen molar-refractivity contribution in [3.05, 3.63) is 83.6 Å². The van der Waals surface area contributed by atoms with Gasteiger partial charge >= 0.3 is 0 Å². The summed E-state index contributed by atoms with van der Waals surface area (Å²) >= 11 is 0. The van der Waals surface area contributed by atoms with Gasteiger partial charge in [-0.15, -0.1) is 0 Å². The highest BCUT2D eigenvalue weighted by atomic mass is 16.3. The molecule has 4 aromatic rings. The van der Waals surface area contributed by atoms with E-state index in [4.69, 9.17) is 5.26 Å². The SMILES string of the molecule is C[C@H](CO)n1cc(C(=O)c2ccnc(NC(=O)Cc3ccc(C#N)cc3)c2)c2cncnc21. The Labute approximate surface area is 189 Å². The lowest BCUT2D eigenvalue weighted by molar-refractivity contribution is -0.115. The molecule has 1 amide bonds. The van der Waals surface area contributed by atoms with Crippen LogP contribution in [-0.2, 0) is 11.2 Å². The van der Waals surface area contributed by atoms with E-state index in [9.17, 15) is 14.7 Å². The standard InChI is InChI=1S/C24H20N6O3/c1-15(13-31)30-12-20(19-11-26-14-28-24(19)30)23(33)18-6-7-27-21(9-18)29-22(32)8-16-2-4-17(10-25)5-3-16/h2-7,9,11-12,14-15,31H,8,13H2,1H3,(H,27,29,32)/t15-/m1/s1. The number of hydrogen-bond acceptors (Lipinski definition) is 7. The van der Waals surface area contributed by atoms with Crippen LogP contribution in [0.2, 0.25) is 0 Å². The highest BCUT2D eigenvalue weighted by Crippen LogP contribution is 2.25. The second-order valence-corrected chi connectivity index (χ2v) is 7.53. The number of fused-ring (bicyclic) bond motifs is 1. The Balaban J connectivity index is 1.56. The lowest BCUT2D eigenvalue weighted by Crippen LogP contribution is -2.16. The molecule has 1 atom stereocenters. The first kappa shape index (κ1) is 21.8. The average molecular weight is 440 g/mol. The van der Waals surface area contributed by atoms with E-state index in [2.05, 4.69) is 20.3 Å². The Kier molecular flexibility index (Phi) is 6.20. The largest absolute Gasteiger partial charge is 0.394 e. The molecule has 0 unspecified atom stereocenters. The molecule has 9 nitrogen and oxygen atoms in total. The number of carbonyl (C=O) groups excluding carboxylic acids is 2. The molecule has 3 aromatic heterocycles. The summed E-state index contributed by atoms with van der Waals surface area (Å²) < 4.78 is 1.74. The molecule has 0 aliphatic heterocycles. The van der Waals surface area contributed by atoms with Crippen molar-refractivity contribution in [2.75, 3.05) is 11.9 Å². The van der Waals surface area contributed by atoms with Crippen molar-refractivity contribution < 1.29 is 14.7 Å². The summed E-state index contributed by atoms with van der Waals surface area (Å²) in [6.07, 6.45) is 6.18. The number of nitriles is 1. The number of anilines is 1. The van der Waals surface area contributed by atoms with Gasteiger partial charge < -0.3 is 15.0 Å². The van der Waals surface area contributed by atoms with E-state index >= 15 is 0 Å². The zero-order chi connectivity index (χ0) is 23.4. The topological polar surface area (TPSA) is 134 Å². The molecule has 0 spiro atoms. The fraction of sp³-hybridized carbons (Fsp3) is 0.167. The number of hydrogen-bond donors (Lipinski definition) is 2. The molecule has 33 heavy (non-hydrogen) atoms. The summed E-state index contributed by atoms with van der Waals surface area (Å²) in [6, 6.07) is 11.6. The molecule has 9 heteroatoms. The van der Waals surface area contributed by atoms with E-state index in [-0.39, 0.29) is 36.6 Å². The molecule has 0 saturated carbocycles. The van der Waals surface area contributed by atoms with E-state index in [1.54, 1.807) is 47.3 Å². The number of rotatable bonds is 7. The Bertz CT molecular complexity index is 1370. The first-order valence-electron chi connectivity index (χ1n) is 10.2. The minimum Gasteiger partial charge on any atom is -0.394 e. The first-order valence-corrected chi connectivity index (χ1v) is 10.2. The van der Waals surface area contributed by atoms with Crippen molar-refractivity contribution in [1.29, 1.82) is 5.26 Å². The maximum absolute atomic E-state index is 13.3. The van der Waals surface area contributed by atoms with Crippen LogP contribution in [0, 0.1) is 11.3 Å². The van der Waals surface area contributed by atoms with Crippen LogP contribution < -0.4 is 5.32 Å². The summed E-state index contributed by atoms with van der Waals surface area (Å²) in [7, 11) is 0. The summed E-state index contributed by atoms with van der Waals surface area (Å²) in [4.78, 5) is 38.1. The third-order valence-corrected chi connectivity index (χ3v) is 5.22. The smallest absolute Gasteiger partial charge is 0.229 e. The van der Waals surface area contributed by atoms with E-state index in [0.29, 0.717) is 27.7 Å². The second-order valence-electron chi connectivity index (χ2n) is 7.53. The molecule has 0 saturated heterocycles. The number of aromatic nitrogens is 4. The summed E-state index contributed by atoms with van der Waals surface area (Å²) in [5.74, 6) is -0.314. The molecule has 0 aliphatic carbocycles. The summed E-state index contributed by atoms with van der Waals surface area (Å²) in [5.41, 5.74) is 2.57.